The molecule has 4 aromatic carbocycles. The summed E-state index contributed by atoms with van der Waals surface area (Å²) in [6, 6.07) is 31.2. The van der Waals surface area contributed by atoms with Crippen molar-refractivity contribution in [3.8, 4) is 0 Å². The summed E-state index contributed by atoms with van der Waals surface area (Å²) in [6.45, 7) is 6.08. The van der Waals surface area contributed by atoms with Crippen LogP contribution < -0.4 is 9.62 Å². The van der Waals surface area contributed by atoms with Gasteiger partial charge in [0.2, 0.25) is 11.8 Å². The first-order valence-corrected chi connectivity index (χ1v) is 16.8. The van der Waals surface area contributed by atoms with Crippen LogP contribution in [-0.4, -0.2) is 44.3 Å². The molecule has 230 valence electrons. The molecule has 0 saturated heterocycles. The lowest BCUT2D eigenvalue weighted by Crippen LogP contribution is -2.53. The molecule has 0 aromatic heterocycles. The van der Waals surface area contributed by atoms with E-state index in [1.165, 1.54) is 17.0 Å². The predicted molar refractivity (Wildman–Crippen MR) is 179 cm³/mol. The van der Waals surface area contributed by atoms with E-state index in [-0.39, 0.29) is 29.7 Å². The van der Waals surface area contributed by atoms with Gasteiger partial charge in [-0.2, -0.15) is 0 Å². The minimum absolute atomic E-state index is 0.0660. The van der Waals surface area contributed by atoms with Crippen molar-refractivity contribution in [2.24, 2.45) is 5.92 Å². The minimum Gasteiger partial charge on any atom is -0.354 e. The lowest BCUT2D eigenvalue weighted by Gasteiger charge is -2.34. The number of carbonyl (C=O) groups is 2. The zero-order valence-electron chi connectivity index (χ0n) is 25.2. The number of halogens is 1. The molecular formula is C35H38BrN3O4S. The van der Waals surface area contributed by atoms with Crippen LogP contribution in [-0.2, 0) is 32.6 Å². The van der Waals surface area contributed by atoms with Crippen molar-refractivity contribution < 1.29 is 18.0 Å². The number of sulfonamides is 1. The van der Waals surface area contributed by atoms with Gasteiger partial charge in [-0.1, -0.05) is 108 Å². The maximum absolute atomic E-state index is 14.4. The van der Waals surface area contributed by atoms with E-state index in [4.69, 9.17) is 0 Å². The number of hydrogen-bond donors (Lipinski definition) is 1. The van der Waals surface area contributed by atoms with Crippen LogP contribution in [0.3, 0.4) is 0 Å². The summed E-state index contributed by atoms with van der Waals surface area (Å²) in [5, 5.41) is 3.01. The van der Waals surface area contributed by atoms with Crippen LogP contribution in [0.4, 0.5) is 5.69 Å². The maximum atomic E-state index is 14.4. The predicted octanol–water partition coefficient (Wildman–Crippen LogP) is 6.37. The average molecular weight is 677 g/mol. The van der Waals surface area contributed by atoms with Crippen LogP contribution >= 0.6 is 15.9 Å². The molecule has 44 heavy (non-hydrogen) atoms. The highest BCUT2D eigenvalue weighted by Crippen LogP contribution is 2.26. The number of nitrogens with one attached hydrogen (secondary N) is 1. The summed E-state index contributed by atoms with van der Waals surface area (Å²) >= 11 is 3.41. The zero-order chi connectivity index (χ0) is 31.7. The van der Waals surface area contributed by atoms with Gasteiger partial charge in [0, 0.05) is 24.0 Å². The van der Waals surface area contributed by atoms with E-state index in [1.807, 2.05) is 75.4 Å². The molecule has 0 spiro atoms. The average Bonchev–Trinajstić information content (AvgIpc) is 3.02. The molecule has 1 N–H and O–H groups in total. The molecule has 1 atom stereocenters. The SMILES string of the molecule is Cc1ccc(CN(C(=O)CN(c2ccc(Br)cc2)S(=O)(=O)c2ccccc2)[C@@H](Cc2ccccc2)C(=O)NCC(C)C)cc1. The Hall–Kier alpha value is -3.95. The Balaban J connectivity index is 1.78. The molecule has 9 heteroatoms. The van der Waals surface area contributed by atoms with Gasteiger partial charge in [-0.25, -0.2) is 8.42 Å². The molecular weight excluding hydrogens is 638 g/mol. The second kappa shape index (κ2) is 15.2. The topological polar surface area (TPSA) is 86.8 Å². The summed E-state index contributed by atoms with van der Waals surface area (Å²) in [5.74, 6) is -0.570. The number of benzene rings is 4. The summed E-state index contributed by atoms with van der Waals surface area (Å²) in [5.41, 5.74) is 3.13. The van der Waals surface area contributed by atoms with Gasteiger partial charge in [0.15, 0.2) is 0 Å². The Morgan fingerprint density at radius 1 is 0.795 bits per heavy atom. The molecule has 4 aromatic rings. The number of carbonyl (C=O) groups excluding carboxylic acids is 2. The summed E-state index contributed by atoms with van der Waals surface area (Å²) in [4.78, 5) is 29.8. The Morgan fingerprint density at radius 3 is 1.98 bits per heavy atom. The van der Waals surface area contributed by atoms with Gasteiger partial charge in [-0.15, -0.1) is 0 Å². The smallest absolute Gasteiger partial charge is 0.264 e. The second-order valence-electron chi connectivity index (χ2n) is 11.2. The number of hydrogen-bond acceptors (Lipinski definition) is 4. The molecule has 0 aliphatic heterocycles. The summed E-state index contributed by atoms with van der Waals surface area (Å²) < 4.78 is 29.9. The molecule has 2 amide bonds. The van der Waals surface area contributed by atoms with E-state index in [0.29, 0.717) is 12.2 Å². The molecule has 0 aliphatic rings. The molecule has 0 saturated carbocycles. The molecule has 0 fully saturated rings. The number of rotatable bonds is 13. The van der Waals surface area contributed by atoms with E-state index >= 15 is 0 Å². The largest absolute Gasteiger partial charge is 0.354 e. The van der Waals surface area contributed by atoms with Crippen molar-refractivity contribution in [3.05, 3.63) is 130 Å². The Morgan fingerprint density at radius 2 is 1.39 bits per heavy atom. The quantitative estimate of drug-likeness (QED) is 0.179. The molecule has 0 aliphatic carbocycles. The fourth-order valence-corrected chi connectivity index (χ4v) is 6.42. The molecule has 0 unspecified atom stereocenters. The zero-order valence-corrected chi connectivity index (χ0v) is 27.6. The molecule has 0 bridgehead atoms. The third-order valence-corrected chi connectivity index (χ3v) is 9.47. The lowest BCUT2D eigenvalue weighted by atomic mass is 10.0. The lowest BCUT2D eigenvalue weighted by molar-refractivity contribution is -0.140. The first kappa shape index (κ1) is 33.0. The van der Waals surface area contributed by atoms with Gasteiger partial charge in [0.1, 0.15) is 12.6 Å². The fraction of sp³-hybridized carbons (Fsp3) is 0.257. The van der Waals surface area contributed by atoms with Crippen molar-refractivity contribution in [1.29, 1.82) is 0 Å². The van der Waals surface area contributed by atoms with Crippen LogP contribution in [0.15, 0.2) is 119 Å². The number of anilines is 1. The van der Waals surface area contributed by atoms with E-state index in [1.54, 1.807) is 42.5 Å². The second-order valence-corrected chi connectivity index (χ2v) is 13.9. The van der Waals surface area contributed by atoms with Crippen LogP contribution in [0, 0.1) is 12.8 Å². The third kappa shape index (κ3) is 8.80. The van der Waals surface area contributed by atoms with Crippen LogP contribution in [0.25, 0.3) is 0 Å². The van der Waals surface area contributed by atoms with Gasteiger partial charge >= 0.3 is 0 Å². The Bertz CT molecular complexity index is 1630. The number of aryl methyl sites for hydroxylation is 1. The molecule has 0 radical (unpaired) electrons. The highest BCUT2D eigenvalue weighted by molar-refractivity contribution is 9.10. The van der Waals surface area contributed by atoms with Crippen LogP contribution in [0.5, 0.6) is 0 Å². The molecule has 4 rings (SSSR count). The number of amides is 2. The summed E-state index contributed by atoms with van der Waals surface area (Å²) in [7, 11) is -4.13. The van der Waals surface area contributed by atoms with Gasteiger partial charge < -0.3 is 10.2 Å². The fourth-order valence-electron chi connectivity index (χ4n) is 4.72. The highest BCUT2D eigenvalue weighted by Gasteiger charge is 2.34. The minimum atomic E-state index is -4.13. The first-order chi connectivity index (χ1) is 21.0. The maximum Gasteiger partial charge on any atom is 0.264 e. The van der Waals surface area contributed by atoms with E-state index in [9.17, 15) is 18.0 Å². The van der Waals surface area contributed by atoms with E-state index in [0.717, 1.165) is 25.5 Å². The van der Waals surface area contributed by atoms with Crippen LogP contribution in [0.2, 0.25) is 0 Å². The highest BCUT2D eigenvalue weighted by atomic mass is 79.9. The molecule has 7 nitrogen and oxygen atoms in total. The van der Waals surface area contributed by atoms with Crippen molar-refractivity contribution >= 4 is 43.5 Å². The standard InChI is InChI=1S/C35H38BrN3O4S/c1-26(2)23-37-35(41)33(22-28-10-6-4-7-11-28)38(24-29-16-14-27(3)15-17-29)34(40)25-39(31-20-18-30(36)19-21-31)44(42,43)32-12-8-5-9-13-32/h4-21,26,33H,22-25H2,1-3H3,(H,37,41)/t33-/m0/s1. The molecule has 0 heterocycles. The van der Waals surface area contributed by atoms with Crippen LogP contribution in [0.1, 0.15) is 30.5 Å². The van der Waals surface area contributed by atoms with Crippen molar-refractivity contribution in [3.63, 3.8) is 0 Å². The first-order valence-electron chi connectivity index (χ1n) is 14.5. The Labute approximate surface area is 269 Å². The third-order valence-electron chi connectivity index (χ3n) is 7.15. The van der Waals surface area contributed by atoms with Crippen molar-refractivity contribution in [2.75, 3.05) is 17.4 Å². The summed E-state index contributed by atoms with van der Waals surface area (Å²) in [6.07, 6.45) is 0.270. The van der Waals surface area contributed by atoms with Crippen molar-refractivity contribution in [1.82, 2.24) is 10.2 Å². The van der Waals surface area contributed by atoms with Gasteiger partial charge in [0.25, 0.3) is 10.0 Å². The monoisotopic (exact) mass is 675 g/mol. The van der Waals surface area contributed by atoms with Crippen molar-refractivity contribution in [2.45, 2.75) is 44.7 Å². The van der Waals surface area contributed by atoms with Gasteiger partial charge in [-0.3, -0.25) is 13.9 Å². The number of nitrogens with zero attached hydrogens (tertiary/aromatic N) is 2. The van der Waals surface area contributed by atoms with E-state index < -0.39 is 28.5 Å². The Kier molecular flexibility index (Phi) is 11.4. The van der Waals surface area contributed by atoms with Gasteiger partial charge in [-0.05, 0) is 60.4 Å². The van der Waals surface area contributed by atoms with E-state index in [2.05, 4.69) is 21.2 Å². The normalized spacial score (nSPS) is 12.0. The van der Waals surface area contributed by atoms with Gasteiger partial charge in [0.05, 0.1) is 10.6 Å².